The number of nitrogens with one attached hydrogen (secondary N) is 1. The van der Waals surface area contributed by atoms with Crippen molar-refractivity contribution in [1.29, 1.82) is 0 Å². The summed E-state index contributed by atoms with van der Waals surface area (Å²) in [5.74, 6) is 2.11. The Hall–Kier alpha value is -3.21. The summed E-state index contributed by atoms with van der Waals surface area (Å²) in [7, 11) is 0. The number of halogens is 3. The second kappa shape index (κ2) is 6.02. The molecule has 1 aromatic carbocycles. The maximum atomic E-state index is 13.4. The zero-order chi connectivity index (χ0) is 18.2. The average Bonchev–Trinajstić information content (AvgIpc) is 2.87. The zero-order valence-electron chi connectivity index (χ0n) is 13.0. The molecule has 0 aromatic heterocycles. The van der Waals surface area contributed by atoms with Crippen LogP contribution >= 0.6 is 0 Å². The number of carbonyl (C=O) groups is 1. The molecule has 0 bridgehead atoms. The van der Waals surface area contributed by atoms with Gasteiger partial charge in [0.25, 0.3) is 5.91 Å². The van der Waals surface area contributed by atoms with Crippen LogP contribution in [0.1, 0.15) is 18.1 Å². The van der Waals surface area contributed by atoms with Crippen LogP contribution in [0.4, 0.5) is 13.2 Å². The molecule has 1 amide bonds. The quantitative estimate of drug-likeness (QED) is 0.837. The third-order valence-corrected chi connectivity index (χ3v) is 3.69. The van der Waals surface area contributed by atoms with E-state index in [0.29, 0.717) is 5.76 Å². The van der Waals surface area contributed by atoms with Gasteiger partial charge in [0.05, 0.1) is 24.0 Å². The number of hydrogen-bond acceptors (Lipinski definition) is 4. The van der Waals surface area contributed by atoms with Crippen LogP contribution in [0.2, 0.25) is 0 Å². The van der Waals surface area contributed by atoms with Crippen LogP contribution in [-0.4, -0.2) is 23.6 Å². The Labute approximate surface area is 141 Å². The molecule has 0 spiro atoms. The highest BCUT2D eigenvalue weighted by molar-refractivity contribution is 6.28. The van der Waals surface area contributed by atoms with Crippen LogP contribution in [0.5, 0.6) is 0 Å². The van der Waals surface area contributed by atoms with Crippen molar-refractivity contribution in [2.45, 2.75) is 13.1 Å². The van der Waals surface area contributed by atoms with E-state index in [2.05, 4.69) is 16.4 Å². The van der Waals surface area contributed by atoms with Crippen molar-refractivity contribution in [3.8, 4) is 12.3 Å². The third kappa shape index (κ3) is 2.85. The predicted octanol–water partition coefficient (Wildman–Crippen LogP) is 2.69. The number of fused-ring (bicyclic) bond motifs is 1. The van der Waals surface area contributed by atoms with E-state index in [-0.39, 0.29) is 29.2 Å². The number of nitrogens with zero attached hydrogens (tertiary/aromatic N) is 2. The number of carbonyl (C=O) groups excluding carboxylic acids is 1. The molecular weight excluding hydrogens is 335 g/mol. The highest BCUT2D eigenvalue weighted by Gasteiger charge is 2.38. The minimum Gasteiger partial charge on any atom is -0.384 e. The first-order valence-corrected chi connectivity index (χ1v) is 7.18. The van der Waals surface area contributed by atoms with Gasteiger partial charge in [-0.3, -0.25) is 9.69 Å². The van der Waals surface area contributed by atoms with Crippen LogP contribution in [-0.2, 0) is 15.8 Å². The molecule has 2 heterocycles. The number of aliphatic imine (C=N–C) groups is 1. The van der Waals surface area contributed by atoms with Crippen LogP contribution in [0.15, 0.2) is 46.4 Å². The minimum absolute atomic E-state index is 0.0485. The zero-order valence-corrected chi connectivity index (χ0v) is 13.0. The molecule has 0 radical (unpaired) electrons. The number of alkyl halides is 3. The lowest BCUT2D eigenvalue weighted by atomic mass is 10.0. The molecule has 5 nitrogen and oxygen atoms in total. The number of allylic oxidation sites excluding steroid dienone is 1. The smallest absolute Gasteiger partial charge is 0.384 e. The Morgan fingerprint density at radius 3 is 2.76 bits per heavy atom. The Kier molecular flexibility index (Phi) is 4.00. The topological polar surface area (TPSA) is 53.9 Å². The van der Waals surface area contributed by atoms with Gasteiger partial charge in [0.15, 0.2) is 5.76 Å². The molecule has 25 heavy (non-hydrogen) atoms. The van der Waals surface area contributed by atoms with Gasteiger partial charge in [-0.05, 0) is 13.0 Å². The lowest BCUT2D eigenvalue weighted by molar-refractivity contribution is -0.137. The summed E-state index contributed by atoms with van der Waals surface area (Å²) in [6.45, 7) is 1.50. The fourth-order valence-corrected chi connectivity index (χ4v) is 2.64. The van der Waals surface area contributed by atoms with Gasteiger partial charge >= 0.3 is 6.18 Å². The van der Waals surface area contributed by atoms with E-state index in [1.54, 1.807) is 6.92 Å². The standard InChI is InChI=1S/C17H12F3N3O2/c1-3-8-23-13(24)9-21-14(15-16(23)10(2)25-22-15)11-6-4-5-7-12(11)17(18,19)20/h1,4-7,9,22H,8H2,2H3. The molecule has 2 aliphatic rings. The van der Waals surface area contributed by atoms with Crippen LogP contribution < -0.4 is 5.48 Å². The first-order valence-electron chi connectivity index (χ1n) is 7.18. The van der Waals surface area contributed by atoms with Crippen molar-refractivity contribution in [1.82, 2.24) is 10.4 Å². The summed E-state index contributed by atoms with van der Waals surface area (Å²) >= 11 is 0. The number of hydrogen-bond donors (Lipinski definition) is 1. The molecule has 128 valence electrons. The Balaban J connectivity index is 2.26. The van der Waals surface area contributed by atoms with Gasteiger partial charge in [0.1, 0.15) is 11.4 Å². The van der Waals surface area contributed by atoms with Crippen LogP contribution in [0.25, 0.3) is 5.70 Å². The van der Waals surface area contributed by atoms with Crippen LogP contribution in [0, 0.1) is 12.3 Å². The molecule has 1 aromatic rings. The molecule has 0 saturated heterocycles. The molecular formula is C17H12F3N3O2. The van der Waals surface area contributed by atoms with E-state index < -0.39 is 17.6 Å². The molecule has 0 atom stereocenters. The molecule has 8 heteroatoms. The van der Waals surface area contributed by atoms with Gasteiger partial charge < -0.3 is 4.84 Å². The highest BCUT2D eigenvalue weighted by atomic mass is 19.4. The summed E-state index contributed by atoms with van der Waals surface area (Å²) < 4.78 is 40.1. The molecule has 3 rings (SSSR count). The predicted molar refractivity (Wildman–Crippen MR) is 84.3 cm³/mol. The Morgan fingerprint density at radius 2 is 2.08 bits per heavy atom. The van der Waals surface area contributed by atoms with Gasteiger partial charge in [0, 0.05) is 5.56 Å². The molecule has 0 unspecified atom stereocenters. The van der Waals surface area contributed by atoms with Gasteiger partial charge in [-0.25, -0.2) is 10.5 Å². The number of amides is 1. The largest absolute Gasteiger partial charge is 0.417 e. The number of hydroxylamine groups is 1. The maximum Gasteiger partial charge on any atom is 0.417 e. The Morgan fingerprint density at radius 1 is 1.36 bits per heavy atom. The molecule has 1 N–H and O–H groups in total. The maximum absolute atomic E-state index is 13.4. The monoisotopic (exact) mass is 347 g/mol. The van der Waals surface area contributed by atoms with Gasteiger partial charge in [-0.2, -0.15) is 13.2 Å². The second-order valence-electron chi connectivity index (χ2n) is 5.26. The summed E-state index contributed by atoms with van der Waals surface area (Å²) in [5.41, 5.74) is 1.90. The summed E-state index contributed by atoms with van der Waals surface area (Å²) in [4.78, 5) is 22.7. The fraction of sp³-hybridized carbons (Fsp3) is 0.176. The van der Waals surface area contributed by atoms with Gasteiger partial charge in [0.2, 0.25) is 0 Å². The van der Waals surface area contributed by atoms with E-state index in [1.165, 1.54) is 23.1 Å². The van der Waals surface area contributed by atoms with Gasteiger partial charge in [-0.15, -0.1) is 6.42 Å². The SMILES string of the molecule is C#CCN1C(=O)C=NC(c2ccccc2C(F)(F)F)=C2NOC(C)=C21. The normalized spacial score (nSPS) is 17.1. The van der Waals surface area contributed by atoms with E-state index in [9.17, 15) is 18.0 Å². The van der Waals surface area contributed by atoms with Crippen molar-refractivity contribution >= 4 is 17.8 Å². The third-order valence-electron chi connectivity index (χ3n) is 3.69. The Bertz CT molecular complexity index is 876. The van der Waals surface area contributed by atoms with Crippen molar-refractivity contribution < 1.29 is 22.8 Å². The van der Waals surface area contributed by atoms with Crippen molar-refractivity contribution in [3.63, 3.8) is 0 Å². The van der Waals surface area contributed by atoms with Gasteiger partial charge in [-0.1, -0.05) is 24.1 Å². The fourth-order valence-electron chi connectivity index (χ4n) is 2.64. The summed E-state index contributed by atoms with van der Waals surface area (Å²) in [6.07, 6.45) is 1.67. The summed E-state index contributed by atoms with van der Waals surface area (Å²) in [6, 6.07) is 4.99. The molecule has 2 aliphatic heterocycles. The van der Waals surface area contributed by atoms with E-state index >= 15 is 0 Å². The lowest BCUT2D eigenvalue weighted by Crippen LogP contribution is -2.32. The van der Waals surface area contributed by atoms with Crippen molar-refractivity contribution in [3.05, 3.63) is 52.5 Å². The number of terminal acetylenes is 1. The van der Waals surface area contributed by atoms with Crippen molar-refractivity contribution in [2.24, 2.45) is 4.99 Å². The van der Waals surface area contributed by atoms with Crippen molar-refractivity contribution in [2.75, 3.05) is 6.54 Å². The van der Waals surface area contributed by atoms with Crippen LogP contribution in [0.3, 0.4) is 0 Å². The number of rotatable bonds is 2. The number of benzene rings is 1. The molecule has 0 aliphatic carbocycles. The molecule has 0 fully saturated rings. The molecule has 0 saturated carbocycles. The minimum atomic E-state index is -4.58. The second-order valence-corrected chi connectivity index (χ2v) is 5.26. The first kappa shape index (κ1) is 16.6. The highest BCUT2D eigenvalue weighted by Crippen LogP contribution is 2.39. The first-order chi connectivity index (χ1) is 11.8. The van der Waals surface area contributed by atoms with E-state index in [1.807, 2.05) is 0 Å². The lowest BCUT2D eigenvalue weighted by Gasteiger charge is -2.19. The summed E-state index contributed by atoms with van der Waals surface area (Å²) in [5, 5.41) is 0. The van der Waals surface area contributed by atoms with E-state index in [0.717, 1.165) is 12.3 Å². The van der Waals surface area contributed by atoms with E-state index in [4.69, 9.17) is 11.3 Å². The average molecular weight is 347 g/mol.